The second-order valence-corrected chi connectivity index (χ2v) is 7.66. The molecule has 142 valence electrons. The average Bonchev–Trinajstić information content (AvgIpc) is 3.17. The number of nitrogens with one attached hydrogen (secondary N) is 1. The molecule has 2 aliphatic rings. The number of hydrogen-bond donors (Lipinski definition) is 1. The first-order chi connectivity index (χ1) is 13.4. The highest BCUT2D eigenvalue weighted by Gasteiger charge is 2.34. The van der Waals surface area contributed by atoms with Crippen LogP contribution in [0.25, 0.3) is 11.8 Å². The Balaban J connectivity index is 1.74. The lowest BCUT2D eigenvalue weighted by molar-refractivity contribution is -0.114. The highest BCUT2D eigenvalue weighted by Crippen LogP contribution is 2.29. The second kappa shape index (κ2) is 6.79. The summed E-state index contributed by atoms with van der Waals surface area (Å²) in [6.07, 6.45) is 1.72. The van der Waals surface area contributed by atoms with Gasteiger partial charge in [0.1, 0.15) is 5.75 Å². The Morgan fingerprint density at radius 2 is 1.89 bits per heavy atom. The van der Waals surface area contributed by atoms with Gasteiger partial charge in [0, 0.05) is 17.1 Å². The summed E-state index contributed by atoms with van der Waals surface area (Å²) in [5, 5.41) is 15.3. The summed E-state index contributed by atoms with van der Waals surface area (Å²) in [4.78, 5) is 16.6. The molecule has 7 nitrogen and oxygen atoms in total. The van der Waals surface area contributed by atoms with E-state index < -0.39 is 5.91 Å². The van der Waals surface area contributed by atoms with Crippen LogP contribution in [0.4, 0.5) is 0 Å². The summed E-state index contributed by atoms with van der Waals surface area (Å²) < 4.78 is 7.33. The van der Waals surface area contributed by atoms with Gasteiger partial charge in [-0.3, -0.25) is 10.2 Å². The zero-order valence-corrected chi connectivity index (χ0v) is 16.8. The first-order valence-electron chi connectivity index (χ1n) is 8.69. The van der Waals surface area contributed by atoms with Crippen LogP contribution in [0.2, 0.25) is 0 Å². The molecule has 4 rings (SSSR count). The molecule has 8 heteroatoms. The van der Waals surface area contributed by atoms with Crippen LogP contribution >= 0.6 is 11.8 Å². The normalized spacial score (nSPS) is 17.7. The molecule has 0 aliphatic carbocycles. The molecule has 0 atom stereocenters. The van der Waals surface area contributed by atoms with Gasteiger partial charge in [0.15, 0.2) is 5.84 Å². The zero-order chi connectivity index (χ0) is 20.0. The summed E-state index contributed by atoms with van der Waals surface area (Å²) in [6, 6.07) is 9.79. The van der Waals surface area contributed by atoms with E-state index in [4.69, 9.17) is 10.1 Å². The monoisotopic (exact) mass is 393 g/mol. The van der Waals surface area contributed by atoms with Crippen molar-refractivity contribution in [2.45, 2.75) is 20.8 Å². The number of thioether (sulfide) groups is 1. The number of ether oxygens (including phenoxy) is 1. The highest BCUT2D eigenvalue weighted by atomic mass is 32.2. The van der Waals surface area contributed by atoms with Crippen LogP contribution in [0.5, 0.6) is 5.75 Å². The summed E-state index contributed by atoms with van der Waals surface area (Å²) in [5.74, 6) is 0.430. The summed E-state index contributed by atoms with van der Waals surface area (Å²) in [7, 11) is 1.64. The number of nitrogens with zero attached hydrogens (tertiary/aromatic N) is 4. The fourth-order valence-corrected chi connectivity index (χ4v) is 4.04. The molecule has 0 saturated heterocycles. The maximum Gasteiger partial charge on any atom is 0.283 e. The SMILES string of the molecule is COc1ccc(-n2c(C)cc(/C=C3/C(=N)N4N=C(C)SC4=NC3=O)c2C)cc1. The second-order valence-electron chi connectivity index (χ2n) is 6.50. The third-order valence-corrected chi connectivity index (χ3v) is 5.48. The average molecular weight is 393 g/mol. The van der Waals surface area contributed by atoms with Crippen LogP contribution in [0, 0.1) is 19.3 Å². The van der Waals surface area contributed by atoms with Crippen LogP contribution in [-0.4, -0.2) is 38.6 Å². The number of aliphatic imine (C=N–C) groups is 1. The summed E-state index contributed by atoms with van der Waals surface area (Å²) in [5.41, 5.74) is 4.10. The molecule has 0 radical (unpaired) electrons. The van der Waals surface area contributed by atoms with Gasteiger partial charge in [-0.05, 0) is 74.5 Å². The molecular formula is C20H19N5O2S. The van der Waals surface area contributed by atoms with Crippen LogP contribution in [0.3, 0.4) is 0 Å². The Bertz CT molecular complexity index is 1090. The Hall–Kier alpha value is -3.13. The van der Waals surface area contributed by atoms with Crippen LogP contribution in [0.1, 0.15) is 23.9 Å². The number of amidine groups is 2. The van der Waals surface area contributed by atoms with Crippen molar-refractivity contribution in [2.75, 3.05) is 7.11 Å². The van der Waals surface area contributed by atoms with E-state index >= 15 is 0 Å². The number of carbonyl (C=O) groups excluding carboxylic acids is 1. The van der Waals surface area contributed by atoms with E-state index in [0.29, 0.717) is 5.17 Å². The molecule has 0 bridgehead atoms. The Morgan fingerprint density at radius 1 is 1.18 bits per heavy atom. The Labute approximate surface area is 166 Å². The van der Waals surface area contributed by atoms with Gasteiger partial charge in [-0.2, -0.15) is 15.1 Å². The number of hydrogen-bond acceptors (Lipinski definition) is 5. The molecule has 2 aromatic rings. The number of carbonyl (C=O) groups is 1. The topological polar surface area (TPSA) is 83.0 Å². The van der Waals surface area contributed by atoms with Gasteiger partial charge < -0.3 is 9.30 Å². The van der Waals surface area contributed by atoms with E-state index in [2.05, 4.69) is 14.7 Å². The predicted molar refractivity (Wildman–Crippen MR) is 112 cm³/mol. The standard InChI is InChI=1S/C20H19N5O2S/c1-11-9-14(12(2)24(11)15-5-7-16(27-4)8-6-15)10-17-18(21)25-20(22-19(17)26)28-13(3)23-25/h5-10,21H,1-4H3/b17-10-,21-18?. The maximum absolute atomic E-state index is 12.5. The molecule has 0 unspecified atom stereocenters. The first-order valence-corrected chi connectivity index (χ1v) is 9.51. The van der Waals surface area contributed by atoms with Gasteiger partial charge in [-0.25, -0.2) is 0 Å². The fraction of sp³-hybridized carbons (Fsp3) is 0.200. The van der Waals surface area contributed by atoms with Crippen LogP contribution < -0.4 is 4.74 Å². The van der Waals surface area contributed by atoms with Crippen molar-refractivity contribution in [3.8, 4) is 11.4 Å². The van der Waals surface area contributed by atoms with E-state index in [1.165, 1.54) is 16.8 Å². The van der Waals surface area contributed by atoms with E-state index in [0.717, 1.165) is 33.4 Å². The smallest absolute Gasteiger partial charge is 0.283 e. The number of benzene rings is 1. The van der Waals surface area contributed by atoms with Crippen molar-refractivity contribution >= 4 is 39.8 Å². The van der Waals surface area contributed by atoms with Gasteiger partial charge in [-0.15, -0.1) is 0 Å². The molecule has 1 N–H and O–H groups in total. The number of hydrazone groups is 1. The zero-order valence-electron chi connectivity index (χ0n) is 16.0. The molecule has 1 amide bonds. The van der Waals surface area contributed by atoms with E-state index in [9.17, 15) is 4.79 Å². The third-order valence-electron chi connectivity index (χ3n) is 4.66. The molecule has 0 spiro atoms. The number of methoxy groups -OCH3 is 1. The summed E-state index contributed by atoms with van der Waals surface area (Å²) >= 11 is 1.30. The van der Waals surface area contributed by atoms with Gasteiger partial charge >= 0.3 is 0 Å². The fourth-order valence-electron chi connectivity index (χ4n) is 3.31. The van der Waals surface area contributed by atoms with Crippen molar-refractivity contribution < 1.29 is 9.53 Å². The van der Waals surface area contributed by atoms with Gasteiger partial charge in [-0.1, -0.05) is 0 Å². The van der Waals surface area contributed by atoms with Crippen molar-refractivity contribution in [1.82, 2.24) is 9.58 Å². The molecule has 0 saturated carbocycles. The third kappa shape index (κ3) is 2.95. The van der Waals surface area contributed by atoms with Crippen LogP contribution in [-0.2, 0) is 4.79 Å². The van der Waals surface area contributed by atoms with E-state index in [1.54, 1.807) is 13.2 Å². The summed E-state index contributed by atoms with van der Waals surface area (Å²) in [6.45, 7) is 5.83. The van der Waals surface area contributed by atoms with Gasteiger partial charge in [0.2, 0.25) is 5.17 Å². The highest BCUT2D eigenvalue weighted by molar-refractivity contribution is 8.26. The Morgan fingerprint density at radius 3 is 2.57 bits per heavy atom. The Kier molecular flexibility index (Phi) is 4.43. The lowest BCUT2D eigenvalue weighted by atomic mass is 10.1. The van der Waals surface area contributed by atoms with Gasteiger partial charge in [0.05, 0.1) is 17.7 Å². The predicted octanol–water partition coefficient (Wildman–Crippen LogP) is 3.74. The van der Waals surface area contributed by atoms with E-state index in [1.807, 2.05) is 51.1 Å². The first kappa shape index (κ1) is 18.2. The quantitative estimate of drug-likeness (QED) is 0.805. The van der Waals surface area contributed by atoms with E-state index in [-0.39, 0.29) is 11.4 Å². The minimum Gasteiger partial charge on any atom is -0.497 e. The van der Waals surface area contributed by atoms with Crippen molar-refractivity contribution in [1.29, 1.82) is 5.41 Å². The lowest BCUT2D eigenvalue weighted by Gasteiger charge is -2.20. The number of aromatic nitrogens is 1. The molecule has 2 aliphatic heterocycles. The molecule has 28 heavy (non-hydrogen) atoms. The van der Waals surface area contributed by atoms with Gasteiger partial charge in [0.25, 0.3) is 5.91 Å². The maximum atomic E-state index is 12.5. The number of rotatable bonds is 3. The van der Waals surface area contributed by atoms with Crippen molar-refractivity contribution in [2.24, 2.45) is 10.1 Å². The largest absolute Gasteiger partial charge is 0.497 e. The molecular weight excluding hydrogens is 374 g/mol. The lowest BCUT2D eigenvalue weighted by Crippen LogP contribution is -2.35. The molecule has 0 fully saturated rings. The minimum atomic E-state index is -0.414. The number of fused-ring (bicyclic) bond motifs is 1. The molecule has 1 aromatic heterocycles. The van der Waals surface area contributed by atoms with Crippen molar-refractivity contribution in [3.05, 3.63) is 52.9 Å². The number of amides is 1. The molecule has 3 heterocycles. The molecule has 1 aromatic carbocycles. The van der Waals surface area contributed by atoms with Crippen LogP contribution in [0.15, 0.2) is 46.0 Å². The minimum absolute atomic E-state index is 0.0496. The van der Waals surface area contributed by atoms with Crippen molar-refractivity contribution in [3.63, 3.8) is 0 Å². The number of aryl methyl sites for hydroxylation is 1.